The zero-order chi connectivity index (χ0) is 15.3. The molecule has 0 saturated carbocycles. The Kier molecular flexibility index (Phi) is 4.86. The average molecular weight is 296 g/mol. The van der Waals surface area contributed by atoms with E-state index in [2.05, 4.69) is 6.55 Å². The maximum absolute atomic E-state index is 12.9. The second-order valence-electron chi connectivity index (χ2n) is 5.60. The molecule has 2 aromatic carbocycles. The summed E-state index contributed by atoms with van der Waals surface area (Å²) in [5.41, 5.74) is 0. The van der Waals surface area contributed by atoms with Crippen LogP contribution < -0.4 is 10.4 Å². The van der Waals surface area contributed by atoms with E-state index < -0.39 is 8.07 Å². The lowest BCUT2D eigenvalue weighted by Gasteiger charge is -2.27. The predicted octanol–water partition coefficient (Wildman–Crippen LogP) is 2.21. The Morgan fingerprint density at radius 1 is 1.00 bits per heavy atom. The number of hydrogen-bond donors (Lipinski definition) is 0. The van der Waals surface area contributed by atoms with Crippen LogP contribution in [0.5, 0.6) is 0 Å². The number of aldehydes is 1. The summed E-state index contributed by atoms with van der Waals surface area (Å²) in [6, 6.07) is 19.9. The van der Waals surface area contributed by atoms with E-state index in [1.54, 1.807) is 6.92 Å². The van der Waals surface area contributed by atoms with E-state index in [0.29, 0.717) is 6.42 Å². The van der Waals surface area contributed by atoms with Crippen LogP contribution in [0.2, 0.25) is 6.55 Å². The van der Waals surface area contributed by atoms with Crippen molar-refractivity contribution in [2.45, 2.75) is 19.9 Å². The number of hydrogen-bond acceptors (Lipinski definition) is 2. The van der Waals surface area contributed by atoms with Crippen LogP contribution >= 0.6 is 0 Å². The Hall–Kier alpha value is -2.00. The lowest BCUT2D eigenvalue weighted by Crippen LogP contribution is -2.62. The van der Waals surface area contributed by atoms with Crippen molar-refractivity contribution >= 4 is 30.1 Å². The average Bonchev–Trinajstić information content (AvgIpc) is 2.55. The largest absolute Gasteiger partial charge is 0.304 e. The molecule has 3 heteroatoms. The van der Waals surface area contributed by atoms with Gasteiger partial charge in [0.05, 0.1) is 0 Å². The molecule has 0 aliphatic carbocycles. The lowest BCUT2D eigenvalue weighted by atomic mass is 10.1. The fraction of sp³-hybridized carbons (Fsp3) is 0.222. The van der Waals surface area contributed by atoms with Gasteiger partial charge in [0.1, 0.15) is 11.7 Å². The predicted molar refractivity (Wildman–Crippen MR) is 88.6 cm³/mol. The summed E-state index contributed by atoms with van der Waals surface area (Å²) >= 11 is 0. The van der Waals surface area contributed by atoms with E-state index in [1.807, 2.05) is 60.7 Å². The second-order valence-corrected chi connectivity index (χ2v) is 9.56. The van der Waals surface area contributed by atoms with Crippen molar-refractivity contribution in [2.75, 3.05) is 0 Å². The molecule has 2 rings (SSSR count). The van der Waals surface area contributed by atoms with Crippen LogP contribution in [0.15, 0.2) is 60.7 Å². The van der Waals surface area contributed by atoms with Crippen LogP contribution in [0.25, 0.3) is 0 Å². The SMILES string of the molecule is CC(C=O)CC(=O)[Si](C)(c1ccccc1)c1ccccc1. The lowest BCUT2D eigenvalue weighted by molar-refractivity contribution is -0.117. The van der Waals surface area contributed by atoms with Gasteiger partial charge in [-0.2, -0.15) is 0 Å². The van der Waals surface area contributed by atoms with Crippen molar-refractivity contribution in [2.24, 2.45) is 5.92 Å². The molecule has 0 radical (unpaired) electrons. The van der Waals surface area contributed by atoms with Crippen LogP contribution in [0.3, 0.4) is 0 Å². The fourth-order valence-electron chi connectivity index (χ4n) is 2.58. The monoisotopic (exact) mass is 296 g/mol. The van der Waals surface area contributed by atoms with Crippen molar-refractivity contribution in [1.29, 1.82) is 0 Å². The van der Waals surface area contributed by atoms with Gasteiger partial charge in [0.15, 0.2) is 8.07 Å². The third-order valence-electron chi connectivity index (χ3n) is 4.00. The van der Waals surface area contributed by atoms with Gasteiger partial charge in [-0.15, -0.1) is 0 Å². The molecule has 0 saturated heterocycles. The highest BCUT2D eigenvalue weighted by Gasteiger charge is 2.39. The first-order chi connectivity index (χ1) is 10.1. The van der Waals surface area contributed by atoms with Crippen LogP contribution in [-0.4, -0.2) is 19.8 Å². The van der Waals surface area contributed by atoms with Gasteiger partial charge in [-0.25, -0.2) is 0 Å². The summed E-state index contributed by atoms with van der Waals surface area (Å²) in [4.78, 5) is 23.8. The topological polar surface area (TPSA) is 34.1 Å². The van der Waals surface area contributed by atoms with Crippen molar-refractivity contribution in [3.8, 4) is 0 Å². The van der Waals surface area contributed by atoms with Crippen LogP contribution in [-0.2, 0) is 9.59 Å². The molecule has 108 valence electrons. The zero-order valence-corrected chi connectivity index (χ0v) is 13.5. The van der Waals surface area contributed by atoms with Gasteiger partial charge in [0, 0.05) is 12.3 Å². The summed E-state index contributed by atoms with van der Waals surface area (Å²) < 4.78 is 0. The molecule has 2 aromatic rings. The van der Waals surface area contributed by atoms with Crippen molar-refractivity contribution in [3.05, 3.63) is 60.7 Å². The first-order valence-electron chi connectivity index (χ1n) is 7.18. The molecular formula is C18H20O2Si. The van der Waals surface area contributed by atoms with E-state index in [-0.39, 0.29) is 11.3 Å². The van der Waals surface area contributed by atoms with Gasteiger partial charge in [0.25, 0.3) is 0 Å². The summed E-state index contributed by atoms with van der Waals surface area (Å²) in [5.74, 6) is -0.225. The molecule has 1 atom stereocenters. The number of rotatable bonds is 6. The third-order valence-corrected chi connectivity index (χ3v) is 8.30. The molecule has 0 aliphatic rings. The van der Waals surface area contributed by atoms with Crippen molar-refractivity contribution in [1.82, 2.24) is 0 Å². The van der Waals surface area contributed by atoms with Crippen LogP contribution in [0, 0.1) is 5.92 Å². The third kappa shape index (κ3) is 3.19. The molecule has 0 spiro atoms. The van der Waals surface area contributed by atoms with E-state index in [0.717, 1.165) is 16.7 Å². The van der Waals surface area contributed by atoms with Crippen molar-refractivity contribution in [3.63, 3.8) is 0 Å². The zero-order valence-electron chi connectivity index (χ0n) is 12.5. The Morgan fingerprint density at radius 2 is 1.43 bits per heavy atom. The summed E-state index contributed by atoms with van der Waals surface area (Å²) in [6.07, 6.45) is 1.18. The molecule has 2 nitrogen and oxygen atoms in total. The normalized spacial score (nSPS) is 12.7. The standard InChI is InChI=1S/C18H20O2Si/c1-15(14-19)13-18(20)21(2,16-9-5-3-6-10-16)17-11-7-4-8-12-17/h3-12,14-15H,13H2,1-2H3. The molecule has 0 heterocycles. The molecule has 0 aromatic heterocycles. The van der Waals surface area contributed by atoms with Gasteiger partial charge in [-0.1, -0.05) is 74.1 Å². The molecule has 0 bridgehead atoms. The Bertz CT molecular complexity index is 568. The molecule has 0 aliphatic heterocycles. The van der Waals surface area contributed by atoms with Crippen LogP contribution in [0.4, 0.5) is 0 Å². The highest BCUT2D eigenvalue weighted by atomic mass is 28.3. The minimum Gasteiger partial charge on any atom is -0.304 e. The molecular weight excluding hydrogens is 276 g/mol. The highest BCUT2D eigenvalue weighted by molar-refractivity contribution is 7.21. The second kappa shape index (κ2) is 6.63. The quantitative estimate of drug-likeness (QED) is 0.605. The van der Waals surface area contributed by atoms with Gasteiger partial charge in [0.2, 0.25) is 0 Å². The van der Waals surface area contributed by atoms with E-state index in [4.69, 9.17) is 0 Å². The van der Waals surface area contributed by atoms with E-state index in [9.17, 15) is 9.59 Å². The van der Waals surface area contributed by atoms with Crippen LogP contribution in [0.1, 0.15) is 13.3 Å². The van der Waals surface area contributed by atoms with Gasteiger partial charge >= 0.3 is 0 Å². The number of carbonyl (C=O) groups excluding carboxylic acids is 2. The molecule has 1 unspecified atom stereocenters. The van der Waals surface area contributed by atoms with Gasteiger partial charge in [-0.3, -0.25) is 0 Å². The summed E-state index contributed by atoms with van der Waals surface area (Å²) in [7, 11) is -2.48. The maximum Gasteiger partial charge on any atom is 0.190 e. The molecule has 0 fully saturated rings. The molecule has 21 heavy (non-hydrogen) atoms. The van der Waals surface area contributed by atoms with Gasteiger partial charge in [-0.05, 0) is 10.4 Å². The number of carbonyl (C=O) groups is 2. The number of benzene rings is 2. The van der Waals surface area contributed by atoms with E-state index in [1.165, 1.54) is 0 Å². The summed E-state index contributed by atoms with van der Waals surface area (Å²) in [5, 5.41) is 2.40. The Labute approximate surface area is 126 Å². The first-order valence-corrected chi connectivity index (χ1v) is 9.68. The Balaban J connectivity index is 2.50. The maximum atomic E-state index is 12.9. The van der Waals surface area contributed by atoms with Crippen molar-refractivity contribution < 1.29 is 9.59 Å². The van der Waals surface area contributed by atoms with Gasteiger partial charge < -0.3 is 9.59 Å². The molecule has 0 N–H and O–H groups in total. The fourth-order valence-corrected chi connectivity index (χ4v) is 6.00. The summed E-state index contributed by atoms with van der Waals surface area (Å²) in [6.45, 7) is 3.88. The minimum atomic E-state index is -2.48. The smallest absolute Gasteiger partial charge is 0.190 e. The minimum absolute atomic E-state index is 0.208. The highest BCUT2D eigenvalue weighted by Crippen LogP contribution is 2.12. The van der Waals surface area contributed by atoms with E-state index >= 15 is 0 Å². The molecule has 0 amide bonds. The Morgan fingerprint density at radius 3 is 1.81 bits per heavy atom. The first kappa shape index (κ1) is 15.4.